The van der Waals surface area contributed by atoms with E-state index >= 15 is 0 Å². The van der Waals surface area contributed by atoms with Crippen LogP contribution >= 0.6 is 0 Å². The van der Waals surface area contributed by atoms with Gasteiger partial charge in [0.2, 0.25) is 18.6 Å². The number of hydrogen-bond acceptors (Lipinski definition) is 5. The van der Waals surface area contributed by atoms with Crippen LogP contribution in [0.1, 0.15) is 32.3 Å². The van der Waals surface area contributed by atoms with Gasteiger partial charge in [0.05, 0.1) is 13.1 Å². The normalized spacial score (nSPS) is 16.2. The molecule has 0 aliphatic carbocycles. The first kappa shape index (κ1) is 17.5. The molecular formula is C18H25N3O4. The summed E-state index contributed by atoms with van der Waals surface area (Å²) in [6.45, 7) is 6.01. The van der Waals surface area contributed by atoms with E-state index in [4.69, 9.17) is 9.47 Å². The van der Waals surface area contributed by atoms with Crippen LogP contribution in [0.4, 0.5) is 0 Å². The molecule has 0 aromatic heterocycles. The molecule has 1 fully saturated rings. The van der Waals surface area contributed by atoms with Gasteiger partial charge in [-0.15, -0.1) is 0 Å². The molecule has 2 N–H and O–H groups in total. The predicted molar refractivity (Wildman–Crippen MR) is 92.4 cm³/mol. The molecule has 2 amide bonds. The largest absolute Gasteiger partial charge is 0.454 e. The van der Waals surface area contributed by atoms with Gasteiger partial charge in [-0.2, -0.15) is 0 Å². The average Bonchev–Trinajstić information content (AvgIpc) is 3.28. The van der Waals surface area contributed by atoms with E-state index in [9.17, 15) is 9.59 Å². The van der Waals surface area contributed by atoms with Crippen LogP contribution in [0.2, 0.25) is 0 Å². The second kappa shape index (κ2) is 7.31. The lowest BCUT2D eigenvalue weighted by Crippen LogP contribution is -2.46. The third-order valence-corrected chi connectivity index (χ3v) is 4.68. The van der Waals surface area contributed by atoms with Crippen LogP contribution in [0.5, 0.6) is 11.5 Å². The third kappa shape index (κ3) is 4.22. The molecule has 2 aliphatic heterocycles. The fraction of sp³-hybridized carbons (Fsp3) is 0.556. The molecule has 2 aliphatic rings. The summed E-state index contributed by atoms with van der Waals surface area (Å²) in [6, 6.07) is 5.75. The first-order chi connectivity index (χ1) is 12.0. The van der Waals surface area contributed by atoms with E-state index in [1.54, 1.807) is 4.90 Å². The van der Waals surface area contributed by atoms with E-state index in [1.165, 1.54) is 0 Å². The van der Waals surface area contributed by atoms with Gasteiger partial charge in [0.15, 0.2) is 11.5 Å². The zero-order valence-corrected chi connectivity index (χ0v) is 14.8. The van der Waals surface area contributed by atoms with Crippen LogP contribution in [0.15, 0.2) is 18.2 Å². The van der Waals surface area contributed by atoms with Crippen LogP contribution in [0.3, 0.4) is 0 Å². The highest BCUT2D eigenvalue weighted by Crippen LogP contribution is 2.35. The molecule has 1 aromatic rings. The van der Waals surface area contributed by atoms with Crippen LogP contribution in [-0.2, 0) is 15.1 Å². The van der Waals surface area contributed by atoms with Crippen molar-refractivity contribution in [1.29, 1.82) is 0 Å². The Balaban J connectivity index is 1.48. The fourth-order valence-electron chi connectivity index (χ4n) is 3.00. The number of amides is 2. The first-order valence-electron chi connectivity index (χ1n) is 8.65. The molecule has 7 nitrogen and oxygen atoms in total. The Morgan fingerprint density at radius 3 is 2.60 bits per heavy atom. The van der Waals surface area contributed by atoms with Crippen LogP contribution in [0, 0.1) is 0 Å². The van der Waals surface area contributed by atoms with Crippen LogP contribution < -0.4 is 20.1 Å². The Morgan fingerprint density at radius 2 is 1.84 bits per heavy atom. The first-order valence-corrected chi connectivity index (χ1v) is 8.65. The highest BCUT2D eigenvalue weighted by molar-refractivity contribution is 5.85. The molecule has 136 valence electrons. The van der Waals surface area contributed by atoms with Crippen molar-refractivity contribution in [1.82, 2.24) is 15.5 Å². The van der Waals surface area contributed by atoms with E-state index in [0.717, 1.165) is 37.2 Å². The molecule has 1 aromatic carbocycles. The molecule has 3 rings (SSSR count). The molecule has 0 atom stereocenters. The van der Waals surface area contributed by atoms with Gasteiger partial charge in [0.1, 0.15) is 0 Å². The molecule has 0 bridgehead atoms. The van der Waals surface area contributed by atoms with Crippen LogP contribution in [-0.4, -0.2) is 49.7 Å². The number of carbonyl (C=O) groups is 2. The standard InChI is InChI=1S/C18H25N3O4/c1-18(2,13-5-6-14-15(9-13)25-12-24-14)20-10-16(22)19-11-17(23)21-7-3-4-8-21/h5-6,9,20H,3-4,7-8,10-12H2,1-2H3,(H,19,22). The summed E-state index contributed by atoms with van der Waals surface area (Å²) < 4.78 is 10.7. The van der Waals surface area contributed by atoms with Crippen molar-refractivity contribution < 1.29 is 19.1 Å². The molecule has 0 radical (unpaired) electrons. The Bertz CT molecular complexity index is 654. The van der Waals surface area contributed by atoms with Crippen molar-refractivity contribution in [2.24, 2.45) is 0 Å². The van der Waals surface area contributed by atoms with Crippen molar-refractivity contribution >= 4 is 11.8 Å². The lowest BCUT2D eigenvalue weighted by atomic mass is 9.94. The number of carbonyl (C=O) groups excluding carboxylic acids is 2. The summed E-state index contributed by atoms with van der Waals surface area (Å²) in [5.41, 5.74) is 0.579. The summed E-state index contributed by atoms with van der Waals surface area (Å²) in [4.78, 5) is 25.8. The molecule has 0 saturated carbocycles. The van der Waals surface area contributed by atoms with Gasteiger partial charge in [0.25, 0.3) is 0 Å². The number of ether oxygens (including phenoxy) is 2. The van der Waals surface area contributed by atoms with Gasteiger partial charge >= 0.3 is 0 Å². The van der Waals surface area contributed by atoms with Gasteiger partial charge in [-0.3, -0.25) is 14.9 Å². The summed E-state index contributed by atoms with van der Waals surface area (Å²) in [7, 11) is 0. The molecular weight excluding hydrogens is 322 g/mol. The topological polar surface area (TPSA) is 79.9 Å². The second-order valence-corrected chi connectivity index (χ2v) is 6.91. The van der Waals surface area contributed by atoms with Crippen LogP contribution in [0.25, 0.3) is 0 Å². The number of fused-ring (bicyclic) bond motifs is 1. The fourth-order valence-corrected chi connectivity index (χ4v) is 3.00. The average molecular weight is 347 g/mol. The predicted octanol–water partition coefficient (Wildman–Crippen LogP) is 0.979. The maximum atomic E-state index is 12.0. The number of benzene rings is 1. The molecule has 0 unspecified atom stereocenters. The monoisotopic (exact) mass is 347 g/mol. The lowest BCUT2D eigenvalue weighted by Gasteiger charge is -2.27. The van der Waals surface area contributed by atoms with E-state index in [0.29, 0.717) is 5.75 Å². The summed E-state index contributed by atoms with van der Waals surface area (Å²) in [6.07, 6.45) is 2.09. The minimum atomic E-state index is -0.419. The summed E-state index contributed by atoms with van der Waals surface area (Å²) >= 11 is 0. The van der Waals surface area contributed by atoms with Crippen molar-refractivity contribution in [2.75, 3.05) is 33.0 Å². The molecule has 1 saturated heterocycles. The summed E-state index contributed by atoms with van der Waals surface area (Å²) in [5.74, 6) is 1.24. The van der Waals surface area contributed by atoms with E-state index in [-0.39, 0.29) is 31.7 Å². The maximum Gasteiger partial charge on any atom is 0.241 e. The smallest absolute Gasteiger partial charge is 0.241 e. The van der Waals surface area contributed by atoms with Gasteiger partial charge in [-0.05, 0) is 44.4 Å². The zero-order chi connectivity index (χ0) is 17.9. The Hall–Kier alpha value is -2.28. The number of nitrogens with one attached hydrogen (secondary N) is 2. The second-order valence-electron chi connectivity index (χ2n) is 6.91. The van der Waals surface area contributed by atoms with Crippen molar-refractivity contribution in [2.45, 2.75) is 32.2 Å². The molecule has 25 heavy (non-hydrogen) atoms. The zero-order valence-electron chi connectivity index (χ0n) is 14.8. The number of likely N-dealkylation sites (tertiary alicyclic amines) is 1. The lowest BCUT2D eigenvalue weighted by molar-refractivity contribution is -0.131. The number of nitrogens with zero attached hydrogens (tertiary/aromatic N) is 1. The Kier molecular flexibility index (Phi) is 5.13. The SMILES string of the molecule is CC(C)(NCC(=O)NCC(=O)N1CCCC1)c1ccc2c(c1)OCO2. The van der Waals surface area contributed by atoms with E-state index < -0.39 is 5.54 Å². The minimum Gasteiger partial charge on any atom is -0.454 e. The number of rotatable bonds is 6. The maximum absolute atomic E-state index is 12.0. The highest BCUT2D eigenvalue weighted by Gasteiger charge is 2.24. The van der Waals surface area contributed by atoms with Gasteiger partial charge < -0.3 is 19.7 Å². The molecule has 7 heteroatoms. The number of hydrogen-bond donors (Lipinski definition) is 2. The van der Waals surface area contributed by atoms with Gasteiger partial charge in [-0.25, -0.2) is 0 Å². The third-order valence-electron chi connectivity index (χ3n) is 4.68. The Labute approximate surface area is 147 Å². The molecule has 0 spiro atoms. The van der Waals surface area contributed by atoms with Crippen molar-refractivity contribution in [3.63, 3.8) is 0 Å². The summed E-state index contributed by atoms with van der Waals surface area (Å²) in [5, 5.41) is 5.91. The van der Waals surface area contributed by atoms with E-state index in [1.807, 2.05) is 32.0 Å². The Morgan fingerprint density at radius 1 is 1.12 bits per heavy atom. The van der Waals surface area contributed by atoms with Crippen molar-refractivity contribution in [3.05, 3.63) is 23.8 Å². The van der Waals surface area contributed by atoms with Crippen molar-refractivity contribution in [3.8, 4) is 11.5 Å². The highest BCUT2D eigenvalue weighted by atomic mass is 16.7. The minimum absolute atomic E-state index is 0.0131. The quantitative estimate of drug-likeness (QED) is 0.802. The van der Waals surface area contributed by atoms with Gasteiger partial charge in [0, 0.05) is 18.6 Å². The van der Waals surface area contributed by atoms with Gasteiger partial charge in [-0.1, -0.05) is 6.07 Å². The van der Waals surface area contributed by atoms with E-state index in [2.05, 4.69) is 10.6 Å². The molecule has 2 heterocycles.